The Labute approximate surface area is 128 Å². The van der Waals surface area contributed by atoms with E-state index in [9.17, 15) is 14.7 Å². The molecule has 1 atom stereocenters. The molecule has 21 heavy (non-hydrogen) atoms. The topological polar surface area (TPSA) is 69.6 Å². The number of likely N-dealkylation sites (tertiary alicyclic amines) is 1. The van der Waals surface area contributed by atoms with Gasteiger partial charge in [0.2, 0.25) is 11.8 Å². The van der Waals surface area contributed by atoms with Gasteiger partial charge in [-0.15, -0.1) is 0 Å². The lowest BCUT2D eigenvalue weighted by molar-refractivity contribution is -0.132. The van der Waals surface area contributed by atoms with E-state index in [4.69, 9.17) is 11.6 Å². The van der Waals surface area contributed by atoms with Gasteiger partial charge in [-0.25, -0.2) is 0 Å². The van der Waals surface area contributed by atoms with Crippen molar-refractivity contribution in [1.29, 1.82) is 0 Å². The van der Waals surface area contributed by atoms with Crippen molar-refractivity contribution in [3.8, 4) is 0 Å². The van der Waals surface area contributed by atoms with E-state index in [1.54, 1.807) is 29.2 Å². The molecule has 0 unspecified atom stereocenters. The largest absolute Gasteiger partial charge is 0.388 e. The molecule has 1 fully saturated rings. The van der Waals surface area contributed by atoms with Crippen LogP contribution in [0, 0.1) is 0 Å². The number of nitrogens with zero attached hydrogens (tertiary/aromatic N) is 1. The van der Waals surface area contributed by atoms with Crippen LogP contribution in [0.3, 0.4) is 0 Å². The molecule has 5 nitrogen and oxygen atoms in total. The number of halogens is 1. The van der Waals surface area contributed by atoms with E-state index in [1.807, 2.05) is 0 Å². The van der Waals surface area contributed by atoms with Gasteiger partial charge in [0, 0.05) is 18.1 Å². The van der Waals surface area contributed by atoms with Crippen molar-refractivity contribution in [2.24, 2.45) is 0 Å². The molecule has 114 valence electrons. The van der Waals surface area contributed by atoms with Crippen molar-refractivity contribution in [3.63, 3.8) is 0 Å². The molecule has 0 spiro atoms. The minimum atomic E-state index is -0.899. The van der Waals surface area contributed by atoms with E-state index in [0.717, 1.165) is 25.9 Å². The maximum atomic E-state index is 11.8. The lowest BCUT2D eigenvalue weighted by Gasteiger charge is -2.16. The summed E-state index contributed by atoms with van der Waals surface area (Å²) in [6, 6.07) is 6.68. The van der Waals surface area contributed by atoms with E-state index in [0.29, 0.717) is 10.6 Å². The molecule has 1 saturated heterocycles. The number of benzene rings is 1. The van der Waals surface area contributed by atoms with Gasteiger partial charge in [-0.2, -0.15) is 0 Å². The predicted molar refractivity (Wildman–Crippen MR) is 79.9 cm³/mol. The number of hydrogen-bond acceptors (Lipinski definition) is 3. The minimum Gasteiger partial charge on any atom is -0.388 e. The summed E-state index contributed by atoms with van der Waals surface area (Å²) in [4.78, 5) is 25.3. The van der Waals surface area contributed by atoms with Crippen molar-refractivity contribution in [2.45, 2.75) is 25.4 Å². The second-order valence-electron chi connectivity index (χ2n) is 5.14. The van der Waals surface area contributed by atoms with Gasteiger partial charge in [-0.1, -0.05) is 23.7 Å². The van der Waals surface area contributed by atoms with Crippen molar-refractivity contribution in [2.75, 3.05) is 19.6 Å². The zero-order valence-corrected chi connectivity index (χ0v) is 12.5. The van der Waals surface area contributed by atoms with Crippen LogP contribution >= 0.6 is 11.6 Å². The number of carbonyl (C=O) groups is 2. The summed E-state index contributed by atoms with van der Waals surface area (Å²) in [5.41, 5.74) is 0.625. The summed E-state index contributed by atoms with van der Waals surface area (Å²) >= 11 is 5.77. The number of nitrogens with one attached hydrogen (secondary N) is 1. The van der Waals surface area contributed by atoms with Crippen LogP contribution in [-0.2, 0) is 9.59 Å². The highest BCUT2D eigenvalue weighted by molar-refractivity contribution is 6.30. The number of rotatable bonds is 5. The Morgan fingerprint density at radius 3 is 2.48 bits per heavy atom. The molecule has 2 amide bonds. The van der Waals surface area contributed by atoms with Gasteiger partial charge in [-0.3, -0.25) is 9.59 Å². The highest BCUT2D eigenvalue weighted by atomic mass is 35.5. The Morgan fingerprint density at radius 2 is 1.86 bits per heavy atom. The maximum absolute atomic E-state index is 11.8. The Hall–Kier alpha value is -1.59. The van der Waals surface area contributed by atoms with Crippen molar-refractivity contribution in [1.82, 2.24) is 10.2 Å². The monoisotopic (exact) mass is 310 g/mol. The smallest absolute Gasteiger partial charge is 0.241 e. The fraction of sp³-hybridized carbons (Fsp3) is 0.467. The standard InChI is InChI=1S/C15H19ClN2O3/c16-12-5-3-11(4-6-12)13(19)9-14(20)17-10-15(21)18-7-1-2-8-18/h3-6,13,19H,1-2,7-10H2,(H,17,20)/t13-/m0/s1. The Bertz CT molecular complexity index is 498. The summed E-state index contributed by atoms with van der Waals surface area (Å²) in [7, 11) is 0. The molecule has 1 aliphatic heterocycles. The van der Waals surface area contributed by atoms with Crippen molar-refractivity contribution in [3.05, 3.63) is 34.9 Å². The van der Waals surface area contributed by atoms with E-state index in [2.05, 4.69) is 5.32 Å². The molecule has 0 saturated carbocycles. The fourth-order valence-electron chi connectivity index (χ4n) is 2.30. The van der Waals surface area contributed by atoms with Gasteiger partial charge in [0.15, 0.2) is 0 Å². The Morgan fingerprint density at radius 1 is 1.24 bits per heavy atom. The third-order valence-electron chi connectivity index (χ3n) is 3.53. The number of aliphatic hydroxyl groups excluding tert-OH is 1. The molecular weight excluding hydrogens is 292 g/mol. The van der Waals surface area contributed by atoms with Crippen LogP contribution in [-0.4, -0.2) is 41.5 Å². The second kappa shape index (κ2) is 7.43. The normalized spacial score (nSPS) is 15.8. The highest BCUT2D eigenvalue weighted by Gasteiger charge is 2.19. The van der Waals surface area contributed by atoms with Gasteiger partial charge >= 0.3 is 0 Å². The summed E-state index contributed by atoms with van der Waals surface area (Å²) in [5, 5.41) is 13.1. The summed E-state index contributed by atoms with van der Waals surface area (Å²) in [6.45, 7) is 1.52. The fourth-order valence-corrected chi connectivity index (χ4v) is 2.43. The quantitative estimate of drug-likeness (QED) is 0.866. The van der Waals surface area contributed by atoms with E-state index >= 15 is 0 Å². The highest BCUT2D eigenvalue weighted by Crippen LogP contribution is 2.18. The first-order chi connectivity index (χ1) is 10.1. The molecule has 1 aliphatic rings. The van der Waals surface area contributed by atoms with Crippen LogP contribution < -0.4 is 5.32 Å². The van der Waals surface area contributed by atoms with Gasteiger partial charge in [-0.05, 0) is 30.5 Å². The first-order valence-corrected chi connectivity index (χ1v) is 7.42. The molecule has 1 aromatic carbocycles. The number of amides is 2. The second-order valence-corrected chi connectivity index (χ2v) is 5.57. The van der Waals surface area contributed by atoms with Gasteiger partial charge in [0.1, 0.15) is 0 Å². The molecule has 1 aromatic rings. The SMILES string of the molecule is O=C(C[C@H](O)c1ccc(Cl)cc1)NCC(=O)N1CCCC1. The average Bonchev–Trinajstić information content (AvgIpc) is 2.99. The van der Waals surface area contributed by atoms with Crippen molar-refractivity contribution >= 4 is 23.4 Å². The minimum absolute atomic E-state index is 0.00777. The number of carbonyl (C=O) groups excluding carboxylic acids is 2. The molecule has 0 aliphatic carbocycles. The Balaban J connectivity index is 1.75. The van der Waals surface area contributed by atoms with Crippen LogP contribution in [0.2, 0.25) is 5.02 Å². The van der Waals surface area contributed by atoms with Crippen LogP contribution in [0.5, 0.6) is 0 Å². The molecular formula is C15H19ClN2O3. The lowest BCUT2D eigenvalue weighted by Crippen LogP contribution is -2.39. The van der Waals surface area contributed by atoms with Gasteiger partial charge < -0.3 is 15.3 Å². The lowest BCUT2D eigenvalue weighted by atomic mass is 10.1. The molecule has 2 N–H and O–H groups in total. The van der Waals surface area contributed by atoms with E-state index in [-0.39, 0.29) is 24.8 Å². The molecule has 0 aromatic heterocycles. The van der Waals surface area contributed by atoms with Crippen molar-refractivity contribution < 1.29 is 14.7 Å². The molecule has 1 heterocycles. The maximum Gasteiger partial charge on any atom is 0.241 e. The Kier molecular flexibility index (Phi) is 5.59. The summed E-state index contributed by atoms with van der Waals surface area (Å²) < 4.78 is 0. The van der Waals surface area contributed by atoms with Gasteiger partial charge in [0.25, 0.3) is 0 Å². The average molecular weight is 311 g/mol. The van der Waals surface area contributed by atoms with Gasteiger partial charge in [0.05, 0.1) is 19.1 Å². The first-order valence-electron chi connectivity index (χ1n) is 7.04. The summed E-state index contributed by atoms with van der Waals surface area (Å²) in [6.07, 6.45) is 1.07. The van der Waals surface area contributed by atoms with Crippen LogP contribution in [0.1, 0.15) is 30.9 Å². The molecule has 0 bridgehead atoms. The number of hydrogen-bond donors (Lipinski definition) is 2. The third kappa shape index (κ3) is 4.72. The molecule has 2 rings (SSSR count). The van der Waals surface area contributed by atoms with E-state index < -0.39 is 6.10 Å². The zero-order valence-electron chi connectivity index (χ0n) is 11.7. The number of aliphatic hydroxyl groups is 1. The molecule has 0 radical (unpaired) electrons. The zero-order chi connectivity index (χ0) is 15.2. The summed E-state index contributed by atoms with van der Waals surface area (Å²) in [5.74, 6) is -0.410. The van der Waals surface area contributed by atoms with Crippen LogP contribution in [0.15, 0.2) is 24.3 Å². The van der Waals surface area contributed by atoms with E-state index in [1.165, 1.54) is 0 Å². The molecule has 6 heteroatoms. The predicted octanol–water partition coefficient (Wildman–Crippen LogP) is 1.50. The third-order valence-corrected chi connectivity index (χ3v) is 3.78. The first kappa shape index (κ1) is 15.8. The van der Waals surface area contributed by atoms with Crippen LogP contribution in [0.4, 0.5) is 0 Å². The van der Waals surface area contributed by atoms with Crippen LogP contribution in [0.25, 0.3) is 0 Å².